The summed E-state index contributed by atoms with van der Waals surface area (Å²) >= 11 is 12.3. The third-order valence-electron chi connectivity index (χ3n) is 8.38. The molecular weight excluding hydrogens is 639 g/mol. The molecule has 3 aromatic rings. The summed E-state index contributed by atoms with van der Waals surface area (Å²) in [5.74, 6) is -4.37. The van der Waals surface area contributed by atoms with Crippen molar-refractivity contribution in [1.82, 2.24) is 10.6 Å². The van der Waals surface area contributed by atoms with Crippen molar-refractivity contribution in [3.05, 3.63) is 105 Å². The maximum absolute atomic E-state index is 15.9. The highest BCUT2D eigenvalue weighted by atomic mass is 35.5. The first-order chi connectivity index (χ1) is 21.8. The van der Waals surface area contributed by atoms with Crippen molar-refractivity contribution in [2.75, 3.05) is 13.2 Å². The lowest BCUT2D eigenvalue weighted by Gasteiger charge is -2.37. The van der Waals surface area contributed by atoms with E-state index in [9.17, 15) is 25.1 Å². The van der Waals surface area contributed by atoms with Gasteiger partial charge in [-0.1, -0.05) is 71.7 Å². The Bertz CT molecular complexity index is 1600. The fraction of sp³-hybridized carbons (Fsp3) is 0.382. The Balaban J connectivity index is 1.82. The number of nitrogens with zero attached hydrogens (tertiary/aromatic N) is 1. The molecule has 244 valence electrons. The van der Waals surface area contributed by atoms with Crippen molar-refractivity contribution >= 4 is 35.1 Å². The third-order valence-corrected chi connectivity index (χ3v) is 8.91. The predicted molar refractivity (Wildman–Crippen MR) is 169 cm³/mol. The highest BCUT2D eigenvalue weighted by Gasteiger charge is 2.61. The maximum atomic E-state index is 15.9. The summed E-state index contributed by atoms with van der Waals surface area (Å²) in [4.78, 5) is 27.2. The van der Waals surface area contributed by atoms with Crippen LogP contribution < -0.4 is 10.6 Å². The van der Waals surface area contributed by atoms with E-state index in [-0.39, 0.29) is 47.2 Å². The summed E-state index contributed by atoms with van der Waals surface area (Å²) in [6.07, 6.45) is -1.19. The number of hydrogen-bond acceptors (Lipinski definition) is 7. The van der Waals surface area contributed by atoms with E-state index in [2.05, 4.69) is 16.7 Å². The lowest BCUT2D eigenvalue weighted by molar-refractivity contribution is -0.156. The Morgan fingerprint density at radius 1 is 1.13 bits per heavy atom. The number of aliphatic hydroxyl groups excluding tert-OH is 2. The molecule has 0 aromatic heterocycles. The van der Waals surface area contributed by atoms with Gasteiger partial charge in [-0.2, -0.15) is 5.26 Å². The first kappa shape index (κ1) is 35.3. The average Bonchev–Trinajstić information content (AvgIpc) is 3.35. The zero-order valence-electron chi connectivity index (χ0n) is 25.3. The Labute approximate surface area is 276 Å². The van der Waals surface area contributed by atoms with E-state index < -0.39 is 65.1 Å². The largest absolute Gasteiger partial charge is 0.460 e. The zero-order valence-corrected chi connectivity index (χ0v) is 26.8. The Kier molecular flexibility index (Phi) is 11.4. The normalized spacial score (nSPS) is 21.8. The van der Waals surface area contributed by atoms with Gasteiger partial charge in [0.25, 0.3) is 0 Å². The fourth-order valence-corrected chi connectivity index (χ4v) is 6.36. The standard InChI is InChI=1S/C34H35Cl2F2N3O5/c1-33(2,32(45)46-18-20-7-4-3-5-8-20)16-27-34(19-39,24-12-11-21(35)15-26(24)37)28(23-9-6-10-25(36)29(23)38)30(41-27)31(44)40-14-13-22(43)17-42/h3-12,15,22,27-28,30,41-43H,13-14,16-18H2,1-2H3,(H,40,44)/t22-,27-,28-,30+,34-/m0/s1. The molecule has 46 heavy (non-hydrogen) atoms. The summed E-state index contributed by atoms with van der Waals surface area (Å²) in [5, 5.41) is 35.6. The highest BCUT2D eigenvalue weighted by Crippen LogP contribution is 2.53. The fourth-order valence-electron chi connectivity index (χ4n) is 6.02. The second kappa shape index (κ2) is 14.9. The lowest BCUT2D eigenvalue weighted by Crippen LogP contribution is -2.47. The van der Waals surface area contributed by atoms with Crippen LogP contribution in [0.2, 0.25) is 10.0 Å². The number of carbonyl (C=O) groups is 2. The molecule has 1 heterocycles. The van der Waals surface area contributed by atoms with Crippen LogP contribution in [0.25, 0.3) is 0 Å². The monoisotopic (exact) mass is 673 g/mol. The minimum Gasteiger partial charge on any atom is -0.460 e. The molecule has 0 unspecified atom stereocenters. The SMILES string of the molecule is CC(C)(C[C@@H]1N[C@@H](C(=O)NCC[C@H](O)CO)[C@H](c2cccc(Cl)c2F)[C@@]1(C#N)c1ccc(Cl)cc1F)C(=O)OCc1ccccc1. The second-order valence-electron chi connectivity index (χ2n) is 12.0. The van der Waals surface area contributed by atoms with Gasteiger partial charge in [0.2, 0.25) is 5.91 Å². The topological polar surface area (TPSA) is 132 Å². The lowest BCUT2D eigenvalue weighted by atomic mass is 9.62. The van der Waals surface area contributed by atoms with Crippen LogP contribution in [0.4, 0.5) is 8.78 Å². The summed E-state index contributed by atoms with van der Waals surface area (Å²) in [7, 11) is 0. The number of aliphatic hydroxyl groups is 2. The molecule has 0 spiro atoms. The van der Waals surface area contributed by atoms with Crippen LogP contribution in [0.1, 0.15) is 49.3 Å². The molecule has 0 saturated carbocycles. The minimum absolute atomic E-state index is 0.00250. The molecule has 3 aromatic carbocycles. The third kappa shape index (κ3) is 7.35. The summed E-state index contributed by atoms with van der Waals surface area (Å²) in [6.45, 7) is 2.65. The minimum atomic E-state index is -1.97. The number of hydrogen-bond donors (Lipinski definition) is 4. The molecule has 0 bridgehead atoms. The molecule has 8 nitrogen and oxygen atoms in total. The molecule has 0 aliphatic carbocycles. The van der Waals surface area contributed by atoms with Crippen LogP contribution in [0, 0.1) is 28.4 Å². The van der Waals surface area contributed by atoms with Gasteiger partial charge in [0.15, 0.2) is 0 Å². The number of esters is 1. The number of amides is 1. The number of benzene rings is 3. The van der Waals surface area contributed by atoms with E-state index in [0.29, 0.717) is 0 Å². The van der Waals surface area contributed by atoms with Gasteiger partial charge in [0, 0.05) is 29.1 Å². The van der Waals surface area contributed by atoms with Crippen molar-refractivity contribution in [1.29, 1.82) is 5.26 Å². The van der Waals surface area contributed by atoms with Crippen LogP contribution >= 0.6 is 23.2 Å². The van der Waals surface area contributed by atoms with E-state index in [0.717, 1.165) is 11.6 Å². The first-order valence-electron chi connectivity index (χ1n) is 14.7. The molecule has 1 amide bonds. The van der Waals surface area contributed by atoms with Gasteiger partial charge in [-0.3, -0.25) is 9.59 Å². The van der Waals surface area contributed by atoms with Crippen molar-refractivity contribution in [2.45, 2.75) is 62.8 Å². The Morgan fingerprint density at radius 2 is 1.85 bits per heavy atom. The molecular formula is C34H35Cl2F2N3O5. The van der Waals surface area contributed by atoms with Gasteiger partial charge >= 0.3 is 5.97 Å². The van der Waals surface area contributed by atoms with Gasteiger partial charge in [-0.25, -0.2) is 8.78 Å². The van der Waals surface area contributed by atoms with E-state index >= 15 is 8.78 Å². The van der Waals surface area contributed by atoms with Crippen molar-refractivity contribution in [3.63, 3.8) is 0 Å². The molecule has 5 atom stereocenters. The molecule has 0 radical (unpaired) electrons. The summed E-state index contributed by atoms with van der Waals surface area (Å²) in [6, 6.07) is 16.8. The molecule has 4 rings (SSSR count). The van der Waals surface area contributed by atoms with Crippen molar-refractivity contribution in [2.24, 2.45) is 5.41 Å². The molecule has 1 aliphatic heterocycles. The smallest absolute Gasteiger partial charge is 0.311 e. The van der Waals surface area contributed by atoms with E-state index in [1.165, 1.54) is 30.3 Å². The van der Waals surface area contributed by atoms with Gasteiger partial charge in [0.05, 0.1) is 35.3 Å². The van der Waals surface area contributed by atoms with Gasteiger partial charge in [-0.15, -0.1) is 0 Å². The van der Waals surface area contributed by atoms with E-state index in [1.54, 1.807) is 26.0 Å². The average molecular weight is 675 g/mol. The molecule has 1 saturated heterocycles. The van der Waals surface area contributed by atoms with Crippen LogP contribution in [-0.4, -0.2) is 53.4 Å². The summed E-state index contributed by atoms with van der Waals surface area (Å²) < 4.78 is 37.4. The van der Waals surface area contributed by atoms with Crippen LogP contribution in [0.15, 0.2) is 66.7 Å². The number of nitrogens with one attached hydrogen (secondary N) is 2. The van der Waals surface area contributed by atoms with Crippen LogP contribution in [-0.2, 0) is 26.3 Å². The number of ether oxygens (including phenoxy) is 1. The summed E-state index contributed by atoms with van der Waals surface area (Å²) in [5.41, 5.74) is -2.74. The Hall–Kier alpha value is -3.59. The van der Waals surface area contributed by atoms with Crippen LogP contribution in [0.5, 0.6) is 0 Å². The molecule has 1 aliphatic rings. The van der Waals surface area contributed by atoms with Gasteiger partial charge < -0.3 is 25.6 Å². The van der Waals surface area contributed by atoms with E-state index in [4.69, 9.17) is 27.9 Å². The predicted octanol–water partition coefficient (Wildman–Crippen LogP) is 5.18. The quantitative estimate of drug-likeness (QED) is 0.195. The van der Waals surface area contributed by atoms with E-state index in [1.807, 2.05) is 18.2 Å². The van der Waals surface area contributed by atoms with Gasteiger partial charge in [-0.05, 0) is 56.0 Å². The number of carbonyl (C=O) groups excluding carboxylic acids is 2. The first-order valence-corrected chi connectivity index (χ1v) is 15.5. The maximum Gasteiger partial charge on any atom is 0.311 e. The zero-order chi connectivity index (χ0) is 33.6. The highest BCUT2D eigenvalue weighted by molar-refractivity contribution is 6.31. The van der Waals surface area contributed by atoms with Gasteiger partial charge in [0.1, 0.15) is 23.7 Å². The molecule has 1 fully saturated rings. The van der Waals surface area contributed by atoms with Crippen molar-refractivity contribution < 1.29 is 33.3 Å². The number of nitriles is 1. The van der Waals surface area contributed by atoms with Crippen LogP contribution in [0.3, 0.4) is 0 Å². The molecule has 12 heteroatoms. The second-order valence-corrected chi connectivity index (χ2v) is 12.8. The number of rotatable bonds is 12. The Morgan fingerprint density at radius 3 is 2.50 bits per heavy atom. The number of halogens is 4. The molecule has 4 N–H and O–H groups in total. The van der Waals surface area contributed by atoms with Crippen molar-refractivity contribution in [3.8, 4) is 6.07 Å².